The van der Waals surface area contributed by atoms with Crippen LogP contribution in [0.15, 0.2) is 12.4 Å². The van der Waals surface area contributed by atoms with Crippen LogP contribution in [0, 0.1) is 0 Å². The molecular weight excluding hydrogens is 218 g/mol. The Kier molecular flexibility index (Phi) is 3.47. The molecule has 0 saturated carbocycles. The topological polar surface area (TPSA) is 29.9 Å². The van der Waals surface area contributed by atoms with E-state index in [1.165, 1.54) is 18.6 Å². The van der Waals surface area contributed by atoms with Gasteiger partial charge in [0.25, 0.3) is 0 Å². The van der Waals surface area contributed by atoms with E-state index in [0.717, 1.165) is 12.5 Å². The summed E-state index contributed by atoms with van der Waals surface area (Å²) in [6.45, 7) is 7.71. The molecule has 1 unspecified atom stereocenters. The monoisotopic (exact) mass is 239 g/mol. The Labute approximate surface area is 102 Å². The number of anilines is 1. The summed E-state index contributed by atoms with van der Waals surface area (Å²) in [5, 5.41) is 3.39. The van der Waals surface area contributed by atoms with Crippen LogP contribution in [0.4, 0.5) is 5.95 Å². The van der Waals surface area contributed by atoms with Crippen LogP contribution >= 0.6 is 11.8 Å². The molecule has 1 aliphatic rings. The predicted octanol–water partition coefficient (Wildman–Crippen LogP) is 2.99. The number of aromatic nitrogens is 2. The zero-order chi connectivity index (χ0) is 11.6. The summed E-state index contributed by atoms with van der Waals surface area (Å²) in [6.07, 6.45) is 6.63. The number of thioether (sulfide) groups is 1. The molecule has 0 aliphatic carbocycles. The smallest absolute Gasteiger partial charge is 0.203 e. The third-order valence-electron chi connectivity index (χ3n) is 2.94. The van der Waals surface area contributed by atoms with E-state index in [1.54, 1.807) is 0 Å². The lowest BCUT2D eigenvalue weighted by molar-refractivity contribution is 0.512. The second kappa shape index (κ2) is 4.70. The van der Waals surface area contributed by atoms with Crippen molar-refractivity contribution in [3.05, 3.63) is 12.4 Å². The van der Waals surface area contributed by atoms with Crippen LogP contribution in [0.1, 0.15) is 33.6 Å². The van der Waals surface area contributed by atoms with Gasteiger partial charge in [-0.2, -0.15) is 11.8 Å². The number of rotatable bonds is 4. The van der Waals surface area contributed by atoms with Crippen molar-refractivity contribution in [2.75, 3.05) is 11.1 Å². The lowest BCUT2D eigenvalue weighted by Crippen LogP contribution is -2.25. The van der Waals surface area contributed by atoms with Crippen LogP contribution in [0.3, 0.4) is 0 Å². The molecule has 0 amide bonds. The van der Waals surface area contributed by atoms with Gasteiger partial charge in [0.2, 0.25) is 5.95 Å². The maximum atomic E-state index is 4.37. The van der Waals surface area contributed by atoms with Crippen LogP contribution in [0.5, 0.6) is 0 Å². The maximum Gasteiger partial charge on any atom is 0.203 e. The van der Waals surface area contributed by atoms with E-state index in [-0.39, 0.29) is 0 Å². The molecule has 1 saturated heterocycles. The SMILES string of the molecule is CC(C)Nc1nccn1CC1(C)CCCS1. The predicted molar refractivity (Wildman–Crippen MR) is 71.1 cm³/mol. The maximum absolute atomic E-state index is 4.37. The highest BCUT2D eigenvalue weighted by atomic mass is 32.2. The van der Waals surface area contributed by atoms with Crippen LogP contribution < -0.4 is 5.32 Å². The van der Waals surface area contributed by atoms with Gasteiger partial charge in [-0.1, -0.05) is 0 Å². The summed E-state index contributed by atoms with van der Waals surface area (Å²) < 4.78 is 2.65. The molecule has 0 bridgehead atoms. The van der Waals surface area contributed by atoms with Gasteiger partial charge in [0, 0.05) is 29.7 Å². The number of imidazole rings is 1. The van der Waals surface area contributed by atoms with Gasteiger partial charge in [-0.15, -0.1) is 0 Å². The largest absolute Gasteiger partial charge is 0.353 e. The van der Waals surface area contributed by atoms with E-state index >= 15 is 0 Å². The Bertz CT molecular complexity index is 340. The average molecular weight is 239 g/mol. The van der Waals surface area contributed by atoms with Crippen LogP contribution in [0.2, 0.25) is 0 Å². The van der Waals surface area contributed by atoms with Crippen molar-refractivity contribution in [2.24, 2.45) is 0 Å². The number of hydrogen-bond acceptors (Lipinski definition) is 3. The van der Waals surface area contributed by atoms with Crippen molar-refractivity contribution in [1.82, 2.24) is 9.55 Å². The summed E-state index contributed by atoms with van der Waals surface area (Å²) in [7, 11) is 0. The fourth-order valence-corrected chi connectivity index (χ4v) is 3.46. The fraction of sp³-hybridized carbons (Fsp3) is 0.750. The van der Waals surface area contributed by atoms with E-state index in [1.807, 2.05) is 6.20 Å². The summed E-state index contributed by atoms with van der Waals surface area (Å²) in [6, 6.07) is 0.435. The zero-order valence-corrected chi connectivity index (χ0v) is 11.2. The molecule has 2 heterocycles. The molecular formula is C12H21N3S. The third-order valence-corrected chi connectivity index (χ3v) is 4.46. The molecule has 0 spiro atoms. The number of nitrogens with zero attached hydrogens (tertiary/aromatic N) is 2. The molecule has 0 radical (unpaired) electrons. The average Bonchev–Trinajstić information content (AvgIpc) is 2.77. The van der Waals surface area contributed by atoms with Gasteiger partial charge in [-0.05, 0) is 39.4 Å². The Balaban J connectivity index is 2.06. The lowest BCUT2D eigenvalue weighted by atomic mass is 10.1. The van der Waals surface area contributed by atoms with Crippen LogP contribution in [-0.4, -0.2) is 26.1 Å². The van der Waals surface area contributed by atoms with Gasteiger partial charge in [-0.3, -0.25) is 0 Å². The van der Waals surface area contributed by atoms with Gasteiger partial charge in [0.05, 0.1) is 0 Å². The molecule has 3 nitrogen and oxygen atoms in total. The Morgan fingerprint density at radius 2 is 2.44 bits per heavy atom. The van der Waals surface area contributed by atoms with Gasteiger partial charge in [0.1, 0.15) is 0 Å². The Hall–Kier alpha value is -0.640. The van der Waals surface area contributed by atoms with Gasteiger partial charge >= 0.3 is 0 Å². The first kappa shape index (κ1) is 11.8. The van der Waals surface area contributed by atoms with E-state index in [9.17, 15) is 0 Å². The fourth-order valence-electron chi connectivity index (χ4n) is 2.16. The molecule has 1 N–H and O–H groups in total. The molecule has 1 fully saturated rings. The van der Waals surface area contributed by atoms with Gasteiger partial charge < -0.3 is 9.88 Å². The van der Waals surface area contributed by atoms with Crippen molar-refractivity contribution >= 4 is 17.7 Å². The molecule has 90 valence electrons. The minimum atomic E-state index is 0.397. The number of hydrogen-bond donors (Lipinski definition) is 1. The molecule has 1 atom stereocenters. The van der Waals surface area contributed by atoms with E-state index in [2.05, 4.69) is 53.6 Å². The molecule has 16 heavy (non-hydrogen) atoms. The molecule has 1 aliphatic heterocycles. The zero-order valence-electron chi connectivity index (χ0n) is 10.4. The van der Waals surface area contributed by atoms with E-state index in [0.29, 0.717) is 10.8 Å². The molecule has 2 rings (SSSR count). The molecule has 1 aromatic heterocycles. The summed E-state index contributed by atoms with van der Waals surface area (Å²) >= 11 is 2.09. The first-order chi connectivity index (χ1) is 7.59. The van der Waals surface area contributed by atoms with Crippen molar-refractivity contribution in [3.63, 3.8) is 0 Å². The highest BCUT2D eigenvalue weighted by molar-refractivity contribution is 8.00. The Morgan fingerprint density at radius 1 is 1.62 bits per heavy atom. The lowest BCUT2D eigenvalue weighted by Gasteiger charge is -2.24. The van der Waals surface area contributed by atoms with E-state index < -0.39 is 0 Å². The first-order valence-electron chi connectivity index (χ1n) is 6.01. The quantitative estimate of drug-likeness (QED) is 0.876. The Morgan fingerprint density at radius 3 is 3.06 bits per heavy atom. The molecule has 1 aromatic rings. The van der Waals surface area contributed by atoms with Crippen LogP contribution in [-0.2, 0) is 6.54 Å². The standard InChI is InChI=1S/C12H21N3S/c1-10(2)14-11-13-6-7-15(11)9-12(3)5-4-8-16-12/h6-7,10H,4-5,8-9H2,1-3H3,(H,13,14). The summed E-state index contributed by atoms with van der Waals surface area (Å²) in [4.78, 5) is 4.37. The third kappa shape index (κ3) is 2.73. The van der Waals surface area contributed by atoms with E-state index in [4.69, 9.17) is 0 Å². The summed E-state index contributed by atoms with van der Waals surface area (Å²) in [5.74, 6) is 2.31. The summed E-state index contributed by atoms with van der Waals surface area (Å²) in [5.41, 5.74) is 0. The van der Waals surface area contributed by atoms with Crippen molar-refractivity contribution in [3.8, 4) is 0 Å². The second-order valence-corrected chi connectivity index (χ2v) is 6.76. The highest BCUT2D eigenvalue weighted by Crippen LogP contribution is 2.39. The van der Waals surface area contributed by atoms with Crippen molar-refractivity contribution in [1.29, 1.82) is 0 Å². The van der Waals surface area contributed by atoms with Crippen molar-refractivity contribution < 1.29 is 0 Å². The van der Waals surface area contributed by atoms with Gasteiger partial charge in [0.15, 0.2) is 0 Å². The number of nitrogens with one attached hydrogen (secondary N) is 1. The molecule has 0 aromatic carbocycles. The minimum absolute atomic E-state index is 0.397. The second-order valence-electron chi connectivity index (χ2n) is 5.08. The van der Waals surface area contributed by atoms with Crippen LogP contribution in [0.25, 0.3) is 0 Å². The normalized spacial score (nSPS) is 25.2. The highest BCUT2D eigenvalue weighted by Gasteiger charge is 2.30. The van der Waals surface area contributed by atoms with Crippen molar-refractivity contribution in [2.45, 2.75) is 50.9 Å². The minimum Gasteiger partial charge on any atom is -0.353 e. The molecule has 4 heteroatoms. The first-order valence-corrected chi connectivity index (χ1v) is 6.99. The van der Waals surface area contributed by atoms with Gasteiger partial charge in [-0.25, -0.2) is 4.98 Å².